The Morgan fingerprint density at radius 3 is 1.50 bits per heavy atom. The first-order valence-electron chi connectivity index (χ1n) is 8.40. The van der Waals surface area contributed by atoms with E-state index in [-0.39, 0.29) is 6.42 Å². The molecular weight excluding hydrogens is 252 g/mol. The van der Waals surface area contributed by atoms with E-state index in [2.05, 4.69) is 6.92 Å². The Morgan fingerprint density at radius 2 is 1.05 bits per heavy atom. The normalized spacial score (nSPS) is 10.7. The molecule has 0 aromatic carbocycles. The van der Waals surface area contributed by atoms with E-state index < -0.39 is 5.97 Å². The van der Waals surface area contributed by atoms with Crippen molar-refractivity contribution in [2.45, 2.75) is 96.8 Å². The molecule has 0 aromatic rings. The molecule has 0 bridgehead atoms. The third-order valence-electron chi connectivity index (χ3n) is 3.66. The summed E-state index contributed by atoms with van der Waals surface area (Å²) in [5, 5.41) is 8.49. The topological polar surface area (TPSA) is 54.4 Å². The Kier molecular flexibility index (Phi) is 13.9. The summed E-state index contributed by atoms with van der Waals surface area (Å²) in [6.07, 6.45) is 14.0. The number of hydrogen-bond acceptors (Lipinski definition) is 2. The standard InChI is InChI=1S/C17H32O3/c1-2-3-4-5-6-7-10-13-16(18)14-11-8-9-12-15-17(19)20/h2-15H2,1H3,(H,19,20). The van der Waals surface area contributed by atoms with Crippen LogP contribution in [0.3, 0.4) is 0 Å². The predicted molar refractivity (Wildman–Crippen MR) is 83.0 cm³/mol. The molecule has 0 aliphatic carbocycles. The minimum atomic E-state index is -0.722. The SMILES string of the molecule is CCCCCCCCCC(=O)CCCCCCC(=O)O. The monoisotopic (exact) mass is 284 g/mol. The van der Waals surface area contributed by atoms with Crippen molar-refractivity contribution in [1.29, 1.82) is 0 Å². The number of rotatable bonds is 15. The summed E-state index contributed by atoms with van der Waals surface area (Å²) >= 11 is 0. The van der Waals surface area contributed by atoms with Crippen molar-refractivity contribution in [2.75, 3.05) is 0 Å². The number of carbonyl (C=O) groups excluding carboxylic acids is 1. The number of hydrogen-bond donors (Lipinski definition) is 1. The largest absolute Gasteiger partial charge is 0.481 e. The highest BCUT2D eigenvalue weighted by Gasteiger charge is 2.02. The average Bonchev–Trinajstić information content (AvgIpc) is 2.41. The van der Waals surface area contributed by atoms with E-state index in [0.29, 0.717) is 12.2 Å². The zero-order chi connectivity index (χ0) is 15.1. The first-order valence-corrected chi connectivity index (χ1v) is 8.40. The fourth-order valence-corrected chi connectivity index (χ4v) is 2.36. The van der Waals surface area contributed by atoms with Gasteiger partial charge in [-0.25, -0.2) is 0 Å². The van der Waals surface area contributed by atoms with Gasteiger partial charge in [0.15, 0.2) is 0 Å². The molecule has 0 rings (SSSR count). The zero-order valence-corrected chi connectivity index (χ0v) is 13.2. The molecule has 0 heterocycles. The van der Waals surface area contributed by atoms with Gasteiger partial charge in [-0.15, -0.1) is 0 Å². The molecule has 3 nitrogen and oxygen atoms in total. The number of unbranched alkanes of at least 4 members (excludes halogenated alkanes) is 9. The number of aliphatic carboxylic acids is 1. The average molecular weight is 284 g/mol. The van der Waals surface area contributed by atoms with Gasteiger partial charge < -0.3 is 5.11 Å². The van der Waals surface area contributed by atoms with Gasteiger partial charge in [-0.05, 0) is 19.3 Å². The molecule has 118 valence electrons. The van der Waals surface area contributed by atoms with Gasteiger partial charge in [-0.3, -0.25) is 9.59 Å². The van der Waals surface area contributed by atoms with Gasteiger partial charge in [0.25, 0.3) is 0 Å². The number of Topliss-reactive ketones (excluding diaryl/α,β-unsaturated/α-hetero) is 1. The third-order valence-corrected chi connectivity index (χ3v) is 3.66. The summed E-state index contributed by atoms with van der Waals surface area (Å²) in [4.78, 5) is 21.9. The molecule has 0 unspecified atom stereocenters. The highest BCUT2D eigenvalue weighted by Crippen LogP contribution is 2.11. The first-order chi connectivity index (χ1) is 9.66. The molecule has 0 aromatic heterocycles. The molecule has 0 aliphatic rings. The first kappa shape index (κ1) is 19.1. The van der Waals surface area contributed by atoms with Gasteiger partial charge in [0.1, 0.15) is 5.78 Å². The highest BCUT2D eigenvalue weighted by molar-refractivity contribution is 5.78. The second-order valence-electron chi connectivity index (χ2n) is 5.72. The summed E-state index contributed by atoms with van der Waals surface area (Å²) in [7, 11) is 0. The van der Waals surface area contributed by atoms with Gasteiger partial charge in [0.05, 0.1) is 0 Å². The maximum absolute atomic E-state index is 11.6. The van der Waals surface area contributed by atoms with E-state index >= 15 is 0 Å². The molecule has 0 atom stereocenters. The van der Waals surface area contributed by atoms with Gasteiger partial charge >= 0.3 is 5.97 Å². The maximum Gasteiger partial charge on any atom is 0.303 e. The van der Waals surface area contributed by atoms with Crippen LogP contribution in [0.1, 0.15) is 96.8 Å². The van der Waals surface area contributed by atoms with E-state index in [4.69, 9.17) is 5.11 Å². The molecule has 0 radical (unpaired) electrons. The Morgan fingerprint density at radius 1 is 0.650 bits per heavy atom. The second-order valence-corrected chi connectivity index (χ2v) is 5.72. The Balaban J connectivity index is 3.19. The maximum atomic E-state index is 11.6. The van der Waals surface area contributed by atoms with Crippen LogP contribution in [0.5, 0.6) is 0 Å². The van der Waals surface area contributed by atoms with Crippen LogP contribution in [-0.4, -0.2) is 16.9 Å². The number of carbonyl (C=O) groups is 2. The smallest absolute Gasteiger partial charge is 0.303 e. The van der Waals surface area contributed by atoms with Crippen molar-refractivity contribution in [3.8, 4) is 0 Å². The van der Waals surface area contributed by atoms with Crippen molar-refractivity contribution in [2.24, 2.45) is 0 Å². The summed E-state index contributed by atoms with van der Waals surface area (Å²) < 4.78 is 0. The number of carboxylic acid groups (broad SMARTS) is 1. The minimum Gasteiger partial charge on any atom is -0.481 e. The van der Waals surface area contributed by atoms with Crippen molar-refractivity contribution in [3.05, 3.63) is 0 Å². The Hall–Kier alpha value is -0.860. The second kappa shape index (κ2) is 14.5. The molecule has 0 amide bonds. The van der Waals surface area contributed by atoms with Crippen LogP contribution in [0, 0.1) is 0 Å². The lowest BCUT2D eigenvalue weighted by atomic mass is 10.0. The molecule has 0 aliphatic heterocycles. The van der Waals surface area contributed by atoms with Crippen LogP contribution in [0.2, 0.25) is 0 Å². The summed E-state index contributed by atoms with van der Waals surface area (Å²) in [5.74, 6) is -0.336. The molecule has 3 heteroatoms. The van der Waals surface area contributed by atoms with Crippen LogP contribution >= 0.6 is 0 Å². The lowest BCUT2D eigenvalue weighted by molar-refractivity contribution is -0.137. The van der Waals surface area contributed by atoms with Gasteiger partial charge in [0, 0.05) is 19.3 Å². The lowest BCUT2D eigenvalue weighted by Gasteiger charge is -2.02. The highest BCUT2D eigenvalue weighted by atomic mass is 16.4. The fourth-order valence-electron chi connectivity index (χ4n) is 2.36. The molecule has 20 heavy (non-hydrogen) atoms. The van der Waals surface area contributed by atoms with Gasteiger partial charge in [-0.2, -0.15) is 0 Å². The van der Waals surface area contributed by atoms with Crippen molar-refractivity contribution < 1.29 is 14.7 Å². The van der Waals surface area contributed by atoms with Crippen LogP contribution < -0.4 is 0 Å². The van der Waals surface area contributed by atoms with Crippen LogP contribution in [0.25, 0.3) is 0 Å². The minimum absolute atomic E-state index is 0.256. The van der Waals surface area contributed by atoms with Crippen LogP contribution in [-0.2, 0) is 9.59 Å². The quantitative estimate of drug-likeness (QED) is 0.424. The fraction of sp³-hybridized carbons (Fsp3) is 0.882. The predicted octanol–water partition coefficient (Wildman–Crippen LogP) is 5.12. The molecule has 0 fully saturated rings. The number of ketones is 1. The van der Waals surface area contributed by atoms with Crippen molar-refractivity contribution >= 4 is 11.8 Å². The van der Waals surface area contributed by atoms with Gasteiger partial charge in [0.2, 0.25) is 0 Å². The summed E-state index contributed by atoms with van der Waals surface area (Å²) in [5.41, 5.74) is 0. The van der Waals surface area contributed by atoms with E-state index in [1.54, 1.807) is 0 Å². The summed E-state index contributed by atoms with van der Waals surface area (Å²) in [6, 6.07) is 0. The Bertz CT molecular complexity index is 249. The van der Waals surface area contributed by atoms with Crippen molar-refractivity contribution in [1.82, 2.24) is 0 Å². The van der Waals surface area contributed by atoms with E-state index in [9.17, 15) is 9.59 Å². The van der Waals surface area contributed by atoms with E-state index in [0.717, 1.165) is 38.5 Å². The van der Waals surface area contributed by atoms with E-state index in [1.165, 1.54) is 38.5 Å². The number of carboxylic acids is 1. The molecular formula is C17H32O3. The van der Waals surface area contributed by atoms with Gasteiger partial charge in [-0.1, -0.05) is 58.3 Å². The van der Waals surface area contributed by atoms with E-state index in [1.807, 2.05) is 0 Å². The molecule has 1 N–H and O–H groups in total. The third kappa shape index (κ3) is 15.2. The Labute approximate surface area is 124 Å². The zero-order valence-electron chi connectivity index (χ0n) is 13.2. The van der Waals surface area contributed by atoms with Crippen molar-refractivity contribution in [3.63, 3.8) is 0 Å². The summed E-state index contributed by atoms with van der Waals surface area (Å²) in [6.45, 7) is 2.22. The molecule has 0 saturated heterocycles. The molecule has 0 spiro atoms. The van der Waals surface area contributed by atoms with Crippen LogP contribution in [0.15, 0.2) is 0 Å². The molecule has 0 saturated carbocycles. The lowest BCUT2D eigenvalue weighted by Crippen LogP contribution is -1.98. The van der Waals surface area contributed by atoms with Crippen LogP contribution in [0.4, 0.5) is 0 Å².